The summed E-state index contributed by atoms with van der Waals surface area (Å²) in [5.41, 5.74) is 4.49. The monoisotopic (exact) mass is 662 g/mol. The van der Waals surface area contributed by atoms with Crippen LogP contribution < -0.4 is 29.1 Å². The lowest BCUT2D eigenvalue weighted by Gasteiger charge is -2.31. The van der Waals surface area contributed by atoms with Crippen molar-refractivity contribution in [3.63, 3.8) is 0 Å². The van der Waals surface area contributed by atoms with E-state index in [9.17, 15) is 25.0 Å². The molecule has 1 aliphatic heterocycles. The maximum atomic E-state index is 14.2. The van der Waals surface area contributed by atoms with E-state index in [-0.39, 0.29) is 22.8 Å². The highest BCUT2D eigenvalue weighted by Gasteiger charge is 2.34. The average Bonchev–Trinajstić information content (AvgIpc) is 3.41. The normalized spacial score (nSPS) is 15.1. The first-order valence-corrected chi connectivity index (χ1v) is 15.6. The summed E-state index contributed by atoms with van der Waals surface area (Å²) < 4.78 is 19.3. The predicted molar refractivity (Wildman–Crippen MR) is 179 cm³/mol. The van der Waals surface area contributed by atoms with Crippen LogP contribution in [0.3, 0.4) is 0 Å². The van der Waals surface area contributed by atoms with E-state index in [0.717, 1.165) is 47.4 Å². The molecule has 7 rings (SSSR count). The third-order valence-electron chi connectivity index (χ3n) is 8.36. The number of nitro benzene ring substituents is 2. The molecule has 2 heterocycles. The Morgan fingerprint density at radius 1 is 0.854 bits per heavy atom. The molecule has 240 valence electrons. The van der Waals surface area contributed by atoms with Gasteiger partial charge in [0, 0.05) is 17.2 Å². The minimum Gasteiger partial charge on any atom is -0.496 e. The number of benzene rings is 4. The molecule has 1 aromatic heterocycles. The quantitative estimate of drug-likeness (QED) is 0.146. The van der Waals surface area contributed by atoms with E-state index >= 15 is 0 Å². The van der Waals surface area contributed by atoms with E-state index in [0.29, 0.717) is 20.6 Å². The number of aryl methyl sites for hydroxylation is 1. The number of thiazole rings is 1. The third-order valence-corrected chi connectivity index (χ3v) is 9.34. The van der Waals surface area contributed by atoms with Crippen LogP contribution in [0.4, 0.5) is 11.4 Å². The number of ether oxygens (including phenoxy) is 3. The maximum Gasteiger partial charge on any atom is 0.318 e. The highest BCUT2D eigenvalue weighted by molar-refractivity contribution is 7.07. The van der Waals surface area contributed by atoms with Crippen molar-refractivity contribution in [1.29, 1.82) is 0 Å². The summed E-state index contributed by atoms with van der Waals surface area (Å²) in [5.74, 6) is 0.879. The second-order valence-corrected chi connectivity index (χ2v) is 12.0. The van der Waals surface area contributed by atoms with Crippen LogP contribution in [0.5, 0.6) is 23.0 Å². The Labute approximate surface area is 276 Å². The third kappa shape index (κ3) is 5.29. The van der Waals surface area contributed by atoms with E-state index in [1.165, 1.54) is 30.1 Å². The molecule has 0 saturated carbocycles. The molecule has 4 aromatic carbocycles. The van der Waals surface area contributed by atoms with Crippen LogP contribution in [0.15, 0.2) is 100 Å². The highest BCUT2D eigenvalue weighted by atomic mass is 32.1. The molecule has 1 atom stereocenters. The van der Waals surface area contributed by atoms with E-state index in [4.69, 9.17) is 19.2 Å². The van der Waals surface area contributed by atoms with Crippen molar-refractivity contribution >= 4 is 34.5 Å². The molecule has 0 unspecified atom stereocenters. The molecular weight excluding hydrogens is 636 g/mol. The standard InChI is InChI=1S/C35H26N4O8S/c1-45-27-10-6-5-9-24(27)33-25-14-12-21-7-3-4-8-23(21)32(25)36-35-37(33)34(40)31(48-35)18-20-11-15-29(30(17-20)46-2)47-28-16-13-22(38(41)42)19-26(28)39(43)44/h3-11,13,15-19,33H,12,14H2,1-2H3/b31-18-/t33-/m0/s1. The molecule has 2 aliphatic rings. The van der Waals surface area contributed by atoms with Crippen LogP contribution in [-0.2, 0) is 6.42 Å². The Morgan fingerprint density at radius 3 is 2.38 bits per heavy atom. The lowest BCUT2D eigenvalue weighted by Crippen LogP contribution is -2.39. The van der Waals surface area contributed by atoms with Gasteiger partial charge < -0.3 is 14.2 Å². The Balaban J connectivity index is 1.33. The van der Waals surface area contributed by atoms with E-state index < -0.39 is 27.3 Å². The lowest BCUT2D eigenvalue weighted by atomic mass is 9.83. The largest absolute Gasteiger partial charge is 0.496 e. The molecule has 12 nitrogen and oxygen atoms in total. The van der Waals surface area contributed by atoms with Crippen molar-refractivity contribution in [3.05, 3.63) is 153 Å². The summed E-state index contributed by atoms with van der Waals surface area (Å²) in [7, 11) is 3.04. The predicted octanol–water partition coefficient (Wildman–Crippen LogP) is 5.94. The smallest absolute Gasteiger partial charge is 0.318 e. The van der Waals surface area contributed by atoms with Crippen molar-refractivity contribution in [3.8, 4) is 23.0 Å². The Morgan fingerprint density at radius 2 is 1.60 bits per heavy atom. The summed E-state index contributed by atoms with van der Waals surface area (Å²) in [6, 6.07) is 23.5. The number of nitro groups is 2. The number of non-ortho nitro benzene ring substituents is 1. The van der Waals surface area contributed by atoms with Crippen LogP contribution >= 0.6 is 11.3 Å². The molecule has 0 radical (unpaired) electrons. The van der Waals surface area contributed by atoms with Crippen LogP contribution in [0, 0.1) is 20.2 Å². The van der Waals surface area contributed by atoms with E-state index in [1.54, 1.807) is 36.0 Å². The topological polar surface area (TPSA) is 148 Å². The summed E-state index contributed by atoms with van der Waals surface area (Å²) >= 11 is 1.28. The fraction of sp³-hybridized carbons (Fsp3) is 0.143. The molecule has 0 spiro atoms. The summed E-state index contributed by atoms with van der Waals surface area (Å²) in [4.78, 5) is 41.1. The molecule has 0 bridgehead atoms. The van der Waals surface area contributed by atoms with Gasteiger partial charge in [-0.2, -0.15) is 0 Å². The Kier molecular flexibility index (Phi) is 7.81. The fourth-order valence-corrected chi connectivity index (χ4v) is 7.17. The Hall–Kier alpha value is -6.08. The van der Waals surface area contributed by atoms with Gasteiger partial charge in [-0.25, -0.2) is 4.99 Å². The highest BCUT2D eigenvalue weighted by Crippen LogP contribution is 2.43. The number of aromatic nitrogens is 1. The molecule has 1 aliphatic carbocycles. The van der Waals surface area contributed by atoms with Gasteiger partial charge in [-0.3, -0.25) is 29.6 Å². The number of methoxy groups -OCH3 is 2. The van der Waals surface area contributed by atoms with Crippen molar-refractivity contribution < 1.29 is 24.1 Å². The first-order valence-electron chi connectivity index (χ1n) is 14.8. The molecule has 0 N–H and O–H groups in total. The van der Waals surface area contributed by atoms with Crippen LogP contribution in [0.25, 0.3) is 11.8 Å². The van der Waals surface area contributed by atoms with Gasteiger partial charge >= 0.3 is 5.69 Å². The lowest BCUT2D eigenvalue weighted by molar-refractivity contribution is -0.394. The molecule has 5 aromatic rings. The van der Waals surface area contributed by atoms with Gasteiger partial charge in [-0.15, -0.1) is 0 Å². The Bertz CT molecular complexity index is 2360. The van der Waals surface area contributed by atoms with Gasteiger partial charge in [-0.1, -0.05) is 59.9 Å². The number of nitrogens with zero attached hydrogens (tertiary/aromatic N) is 4. The summed E-state index contributed by atoms with van der Waals surface area (Å²) in [6.45, 7) is 0. The van der Waals surface area contributed by atoms with Crippen LogP contribution in [0.1, 0.15) is 34.7 Å². The van der Waals surface area contributed by atoms with Gasteiger partial charge in [0.1, 0.15) is 5.75 Å². The number of hydrogen-bond acceptors (Lipinski definition) is 10. The van der Waals surface area contributed by atoms with Crippen LogP contribution in [0.2, 0.25) is 0 Å². The average molecular weight is 663 g/mol. The van der Waals surface area contributed by atoms with E-state index in [1.807, 2.05) is 36.4 Å². The zero-order valence-corrected chi connectivity index (χ0v) is 26.4. The van der Waals surface area contributed by atoms with Crippen molar-refractivity contribution in [1.82, 2.24) is 4.57 Å². The van der Waals surface area contributed by atoms with Gasteiger partial charge in [0.05, 0.1) is 46.4 Å². The molecule has 0 fully saturated rings. The summed E-state index contributed by atoms with van der Waals surface area (Å²) in [5, 5.41) is 22.8. The molecule has 0 amide bonds. The maximum absolute atomic E-state index is 14.2. The van der Waals surface area contributed by atoms with Gasteiger partial charge in [0.25, 0.3) is 11.2 Å². The SMILES string of the molecule is COc1cc(/C=c2\sc3n(c2=O)[C@@H](c2ccccc2OC)C2=C(N=3)c3ccccc3CC2)ccc1Oc1ccc([N+](=O)[O-])cc1[N+](=O)[O-]. The molecular formula is C35H26N4O8S. The van der Waals surface area contributed by atoms with E-state index in [2.05, 4.69) is 12.1 Å². The first-order chi connectivity index (χ1) is 23.3. The minimum absolute atomic E-state index is 0.149. The number of para-hydroxylation sites is 1. The first kappa shape index (κ1) is 30.6. The fourth-order valence-electron chi connectivity index (χ4n) is 6.17. The zero-order chi connectivity index (χ0) is 33.5. The van der Waals surface area contributed by atoms with Crippen LogP contribution in [-0.4, -0.2) is 28.6 Å². The number of hydrogen-bond donors (Lipinski definition) is 0. The number of allylic oxidation sites excluding steroid dienone is 1. The van der Waals surface area contributed by atoms with Gasteiger partial charge in [0.15, 0.2) is 16.3 Å². The molecule has 0 saturated heterocycles. The molecule has 13 heteroatoms. The summed E-state index contributed by atoms with van der Waals surface area (Å²) in [6.07, 6.45) is 3.31. The minimum atomic E-state index is -0.752. The van der Waals surface area contributed by atoms with Gasteiger partial charge in [0.2, 0.25) is 5.75 Å². The van der Waals surface area contributed by atoms with Crippen molar-refractivity contribution in [2.45, 2.75) is 18.9 Å². The number of rotatable bonds is 8. The van der Waals surface area contributed by atoms with Crippen molar-refractivity contribution in [2.75, 3.05) is 14.2 Å². The van der Waals surface area contributed by atoms with Crippen molar-refractivity contribution in [2.24, 2.45) is 4.99 Å². The number of fused-ring (bicyclic) bond motifs is 3. The second-order valence-electron chi connectivity index (χ2n) is 11.0. The molecule has 48 heavy (non-hydrogen) atoms. The zero-order valence-electron chi connectivity index (χ0n) is 25.6. The van der Waals surface area contributed by atoms with Gasteiger partial charge in [-0.05, 0) is 59.9 Å². The second kappa shape index (κ2) is 12.3.